The fraction of sp³-hybridized carbons (Fsp3) is 0.200. The molecule has 0 radical (unpaired) electrons. The first kappa shape index (κ1) is 69.7. The number of hydrogen-bond acceptors (Lipinski definition) is 16. The molecular weight excluding hydrogens is 1220 g/mol. The molecule has 0 spiro atoms. The molecule has 10 aromatic rings. The van der Waals surface area contributed by atoms with Crippen LogP contribution >= 0.6 is 0 Å². The molecule has 17 nitrogen and oxygen atoms in total. The third-order valence-corrected chi connectivity index (χ3v) is 16.1. The first-order valence-electron chi connectivity index (χ1n) is 31.6. The van der Waals surface area contributed by atoms with E-state index in [9.17, 15) is 4.79 Å². The van der Waals surface area contributed by atoms with Gasteiger partial charge in [0.2, 0.25) is 0 Å². The van der Waals surface area contributed by atoms with Crippen molar-refractivity contribution >= 4 is 35.8 Å². The van der Waals surface area contributed by atoms with Gasteiger partial charge in [0.1, 0.15) is 43.8 Å². The van der Waals surface area contributed by atoms with Crippen LogP contribution in [0.1, 0.15) is 89.3 Å². The molecular formula is C80H80N6O11. The molecule has 2 aliphatic rings. The Hall–Kier alpha value is -11.7. The van der Waals surface area contributed by atoms with E-state index in [1.54, 1.807) is 58.9 Å². The van der Waals surface area contributed by atoms with Crippen molar-refractivity contribution in [3.8, 4) is 46.0 Å². The number of nitrogens with two attached hydrogens (primary N) is 2. The fourth-order valence-corrected chi connectivity index (χ4v) is 11.1. The lowest BCUT2D eigenvalue weighted by atomic mass is 9.90. The quantitative estimate of drug-likeness (QED) is 0.0609. The summed E-state index contributed by atoms with van der Waals surface area (Å²) in [5.74, 6) is 6.18. The number of anilines is 2. The van der Waals surface area contributed by atoms with Crippen LogP contribution < -0.4 is 54.7 Å². The van der Waals surface area contributed by atoms with Gasteiger partial charge in [-0.25, -0.2) is 9.97 Å². The molecule has 2 aliphatic heterocycles. The lowest BCUT2D eigenvalue weighted by molar-refractivity contribution is -0.191. The predicted molar refractivity (Wildman–Crippen MR) is 377 cm³/mol. The molecule has 0 saturated heterocycles. The highest BCUT2D eigenvalue weighted by atomic mass is 16.5. The highest BCUT2D eigenvalue weighted by Gasteiger charge is 2.32. The van der Waals surface area contributed by atoms with Crippen molar-refractivity contribution < 1.29 is 52.3 Å². The molecule has 2 aromatic heterocycles. The van der Waals surface area contributed by atoms with Gasteiger partial charge in [0.05, 0.1) is 40.5 Å². The third-order valence-electron chi connectivity index (χ3n) is 16.1. The lowest BCUT2D eigenvalue weighted by Crippen LogP contribution is -2.39. The number of nitrogens with one attached hydrogen (secondary N) is 1. The zero-order chi connectivity index (χ0) is 68.3. The van der Waals surface area contributed by atoms with Crippen molar-refractivity contribution in [3.63, 3.8) is 0 Å². The minimum Gasteiger partial charge on any atom is -0.493 e. The Labute approximate surface area is 566 Å². The minimum absolute atomic E-state index is 0.0565. The van der Waals surface area contributed by atoms with Crippen molar-refractivity contribution in [1.82, 2.24) is 20.2 Å². The molecule has 12 rings (SSSR count). The molecule has 0 aliphatic carbocycles. The number of ether oxygens (including phenoxy) is 8. The molecule has 4 heterocycles. The predicted octanol–water partition coefficient (Wildman–Crippen LogP) is 14.8. The summed E-state index contributed by atoms with van der Waals surface area (Å²) in [4.78, 5) is 40.1. The molecule has 5 N–H and O–H groups in total. The monoisotopic (exact) mass is 1300 g/mol. The first-order valence-corrected chi connectivity index (χ1v) is 31.6. The van der Waals surface area contributed by atoms with Crippen molar-refractivity contribution in [3.05, 3.63) is 297 Å². The number of carbonyl (C=O) groups excluding carboxylic acids is 3. The topological polar surface area (TPSA) is 218 Å². The molecule has 8 aromatic carbocycles. The van der Waals surface area contributed by atoms with E-state index in [0.717, 1.165) is 91.6 Å². The highest BCUT2D eigenvalue weighted by molar-refractivity contribution is 5.93. The van der Waals surface area contributed by atoms with Crippen LogP contribution in [0.5, 0.6) is 46.0 Å². The van der Waals surface area contributed by atoms with E-state index in [4.69, 9.17) is 59.0 Å². The lowest BCUT2D eigenvalue weighted by Gasteiger charge is -2.36. The van der Waals surface area contributed by atoms with E-state index >= 15 is 0 Å². The number of nitrogens with zero attached hydrogens (tertiary/aromatic N) is 3. The molecule has 17 heteroatoms. The number of benzene rings is 8. The van der Waals surface area contributed by atoms with Crippen molar-refractivity contribution in [2.75, 3.05) is 53.0 Å². The highest BCUT2D eigenvalue weighted by Crippen LogP contribution is 2.42. The molecule has 496 valence electrons. The molecule has 0 saturated carbocycles. The smallest absolute Gasteiger partial charge is 0.373 e. The normalized spacial score (nSPS) is 13.5. The van der Waals surface area contributed by atoms with Crippen LogP contribution in [0.25, 0.3) is 12.2 Å². The minimum atomic E-state index is -0.420. The van der Waals surface area contributed by atoms with Crippen LogP contribution in [0.4, 0.5) is 11.6 Å². The number of carbonyl (C=O) groups is 1. The summed E-state index contributed by atoms with van der Waals surface area (Å²) in [5, 5.41) is 3.64. The number of aromatic nitrogens is 2. The number of rotatable bonds is 21. The molecule has 2 atom stereocenters. The maximum atomic E-state index is 14.0. The Balaban J connectivity index is 0.000000202. The summed E-state index contributed by atoms with van der Waals surface area (Å²) in [7, 11) is 6.63. The zero-order valence-corrected chi connectivity index (χ0v) is 55.3. The van der Waals surface area contributed by atoms with Gasteiger partial charge in [0.25, 0.3) is 5.91 Å². The summed E-state index contributed by atoms with van der Waals surface area (Å²) in [6, 6.07) is 66.8. The largest absolute Gasteiger partial charge is 0.493 e. The summed E-state index contributed by atoms with van der Waals surface area (Å²) in [6.07, 6.45) is 11.9. The van der Waals surface area contributed by atoms with Crippen molar-refractivity contribution in [2.24, 2.45) is 0 Å². The summed E-state index contributed by atoms with van der Waals surface area (Å²) >= 11 is 0. The van der Waals surface area contributed by atoms with Gasteiger partial charge in [-0.2, -0.15) is 9.59 Å². The first-order chi connectivity index (χ1) is 47.4. The average Bonchev–Trinajstić information content (AvgIpc) is 0.790. The maximum absolute atomic E-state index is 14.0. The molecule has 0 bridgehead atoms. The number of methoxy groups -OCH3 is 4. The van der Waals surface area contributed by atoms with Crippen LogP contribution in [0.3, 0.4) is 0 Å². The molecule has 97 heavy (non-hydrogen) atoms. The molecule has 2 unspecified atom stereocenters. The van der Waals surface area contributed by atoms with Gasteiger partial charge in [-0.05, 0) is 166 Å². The Kier molecular flexibility index (Phi) is 25.6. The van der Waals surface area contributed by atoms with Crippen molar-refractivity contribution in [1.29, 1.82) is 0 Å². The Bertz CT molecular complexity index is 4270. The van der Waals surface area contributed by atoms with Gasteiger partial charge in [0, 0.05) is 19.3 Å². The summed E-state index contributed by atoms with van der Waals surface area (Å²) in [5.41, 5.74) is 24.5. The molecule has 1 amide bonds. The number of fused-ring (bicyclic) bond motifs is 2. The van der Waals surface area contributed by atoms with Gasteiger partial charge in [0.15, 0.2) is 46.0 Å². The van der Waals surface area contributed by atoms with E-state index in [-0.39, 0.29) is 18.1 Å². The fourth-order valence-electron chi connectivity index (χ4n) is 11.1. The third kappa shape index (κ3) is 19.5. The van der Waals surface area contributed by atoms with E-state index in [2.05, 4.69) is 76.8 Å². The van der Waals surface area contributed by atoms with E-state index < -0.39 is 6.04 Å². The number of hydrogen-bond donors (Lipinski definition) is 3. The van der Waals surface area contributed by atoms with E-state index in [0.29, 0.717) is 79.7 Å². The van der Waals surface area contributed by atoms with Crippen LogP contribution in [0, 0.1) is 13.8 Å². The zero-order valence-electron chi connectivity index (χ0n) is 55.3. The van der Waals surface area contributed by atoms with Crippen LogP contribution in [-0.2, 0) is 48.9 Å². The Morgan fingerprint density at radius 1 is 0.495 bits per heavy atom. The summed E-state index contributed by atoms with van der Waals surface area (Å²) < 4.78 is 47.6. The van der Waals surface area contributed by atoms with E-state index in [1.807, 2.05) is 164 Å². The number of pyridine rings is 2. The van der Waals surface area contributed by atoms with Gasteiger partial charge in [-0.3, -0.25) is 4.79 Å². The number of amides is 1. The average molecular weight is 1300 g/mol. The van der Waals surface area contributed by atoms with Crippen LogP contribution in [0.15, 0.2) is 225 Å². The Morgan fingerprint density at radius 2 is 0.907 bits per heavy atom. The van der Waals surface area contributed by atoms with Gasteiger partial charge in [-0.1, -0.05) is 158 Å². The van der Waals surface area contributed by atoms with Crippen molar-refractivity contribution in [2.45, 2.75) is 65.2 Å². The van der Waals surface area contributed by atoms with Gasteiger partial charge < -0.3 is 59.6 Å². The summed E-state index contributed by atoms with van der Waals surface area (Å²) in [6.45, 7) is 7.29. The second-order valence-corrected chi connectivity index (χ2v) is 22.6. The number of aryl methyl sites for hydroxylation is 2. The van der Waals surface area contributed by atoms with Crippen LogP contribution in [0.2, 0.25) is 0 Å². The number of nitrogen functional groups attached to an aromatic ring is 2. The van der Waals surface area contributed by atoms with E-state index in [1.165, 1.54) is 11.1 Å². The SMILES string of the molecule is COc1cc(C)c(/C=C/C2NCCc3cc(OCc4ccccc4)c(OC)cc32)cc1OCc1ccccc1.COc1cc(C)c(/C=C/C2c3cc(OC)c(OCc4ccccc4)cc3CCN2C(=O)c2cccc(N)n2)cc1OCc1ccccc1.Nc1ccccn1.O=C=O. The van der Waals surface area contributed by atoms with Gasteiger partial charge >= 0.3 is 6.15 Å². The van der Waals surface area contributed by atoms with Gasteiger partial charge in [-0.15, -0.1) is 0 Å². The maximum Gasteiger partial charge on any atom is 0.373 e. The second-order valence-electron chi connectivity index (χ2n) is 22.6. The Morgan fingerprint density at radius 3 is 1.33 bits per heavy atom. The standard InChI is InChI=1S/C40H39N3O5.C34H35NO4.C5H6N2.CO2/c1-27-21-35(45-2)37(47-25-28-11-6-4-7-12-28)22-30(27)17-18-34-32-24-36(46-3)38(48-26-29-13-8-5-9-14-29)23-31(32)19-20-43(34)40(44)33-15-10-16-39(41)42-33;1-24-18-31(36-2)33(38-22-25-10-6-4-7-11-25)19-27(24)14-15-30-29-21-32(37-3)34(20-28(29)16-17-35-30)39-23-26-12-8-5-9-13-26;6-5-3-1-2-4-7-5;2-1-3/h4-18,21-24,34H,19-20,25-26H2,1-3H3,(H2,41,42);4-15,18-21,30,35H,16-17,22-23H2,1-3H3;1-4H,(H2,6,7);/b18-17+;15-14+;;. The molecule has 0 fully saturated rings. The second kappa shape index (κ2) is 35.6. The van der Waals surface area contributed by atoms with Crippen LogP contribution in [-0.4, -0.2) is 68.5 Å².